The van der Waals surface area contributed by atoms with Crippen molar-refractivity contribution >= 4 is 17.7 Å². The van der Waals surface area contributed by atoms with E-state index in [1.165, 1.54) is 7.11 Å². The van der Waals surface area contributed by atoms with Crippen molar-refractivity contribution in [2.45, 2.75) is 26.4 Å². The largest absolute Gasteiger partial charge is 0.464 e. The van der Waals surface area contributed by atoms with Crippen LogP contribution in [-0.4, -0.2) is 60.8 Å². The highest BCUT2D eigenvalue weighted by Crippen LogP contribution is 2.17. The fourth-order valence-corrected chi connectivity index (χ4v) is 2.27. The van der Waals surface area contributed by atoms with Gasteiger partial charge in [-0.3, -0.25) is 0 Å². The number of pyridine rings is 1. The van der Waals surface area contributed by atoms with Crippen LogP contribution in [0.1, 0.15) is 31.3 Å². The van der Waals surface area contributed by atoms with Crippen LogP contribution in [0.5, 0.6) is 0 Å². The Hall–Kier alpha value is -2.31. The summed E-state index contributed by atoms with van der Waals surface area (Å²) in [6, 6.07) is 3.48. The summed E-state index contributed by atoms with van der Waals surface area (Å²) in [4.78, 5) is 31.3. The molecule has 1 aromatic rings. The molecule has 2 rings (SSSR count). The summed E-state index contributed by atoms with van der Waals surface area (Å²) in [7, 11) is 1.33. The number of hydrogen-bond acceptors (Lipinski definition) is 6. The van der Waals surface area contributed by atoms with Crippen LogP contribution in [0.25, 0.3) is 0 Å². The van der Waals surface area contributed by atoms with E-state index in [0.29, 0.717) is 26.2 Å². The minimum absolute atomic E-state index is 0.281. The van der Waals surface area contributed by atoms with E-state index in [1.54, 1.807) is 17.2 Å². The Bertz CT molecular complexity index is 558. The summed E-state index contributed by atoms with van der Waals surface area (Å²) in [5.74, 6) is -0.453. The van der Waals surface area contributed by atoms with E-state index in [2.05, 4.69) is 14.6 Å². The lowest BCUT2D eigenvalue weighted by atomic mass is 10.2. The quantitative estimate of drug-likeness (QED) is 0.775. The van der Waals surface area contributed by atoms with Gasteiger partial charge in [-0.2, -0.15) is 0 Å². The first-order chi connectivity index (χ1) is 10.8. The summed E-state index contributed by atoms with van der Waals surface area (Å²) >= 11 is 0. The summed E-state index contributed by atoms with van der Waals surface area (Å²) in [5.41, 5.74) is 0.715. The summed E-state index contributed by atoms with van der Waals surface area (Å²) in [5, 5.41) is 0. The van der Waals surface area contributed by atoms with Crippen LogP contribution in [0.2, 0.25) is 0 Å². The lowest BCUT2D eigenvalue weighted by Crippen LogP contribution is -2.50. The molecule has 1 aliphatic rings. The number of anilines is 1. The third kappa shape index (κ3) is 4.58. The molecule has 1 aromatic heterocycles. The van der Waals surface area contributed by atoms with Gasteiger partial charge in [0.05, 0.1) is 19.0 Å². The first kappa shape index (κ1) is 17.1. The van der Waals surface area contributed by atoms with Crippen molar-refractivity contribution in [2.75, 3.05) is 38.2 Å². The van der Waals surface area contributed by atoms with Crippen molar-refractivity contribution in [3.05, 3.63) is 24.0 Å². The van der Waals surface area contributed by atoms with Gasteiger partial charge in [0.1, 0.15) is 11.3 Å². The van der Waals surface area contributed by atoms with Gasteiger partial charge in [-0.25, -0.2) is 14.6 Å². The molecule has 1 amide bonds. The smallest absolute Gasteiger partial charge is 0.410 e. The zero-order valence-electron chi connectivity index (χ0n) is 14.0. The van der Waals surface area contributed by atoms with Crippen LogP contribution < -0.4 is 4.90 Å². The maximum atomic E-state index is 12.0. The Morgan fingerprint density at radius 2 is 1.78 bits per heavy atom. The molecule has 2 heterocycles. The second-order valence-corrected chi connectivity index (χ2v) is 6.35. The molecular formula is C16H23N3O4. The van der Waals surface area contributed by atoms with E-state index in [9.17, 15) is 9.59 Å². The van der Waals surface area contributed by atoms with Crippen molar-refractivity contribution in [1.82, 2.24) is 9.88 Å². The molecule has 0 atom stereocenters. The highest BCUT2D eigenvalue weighted by Gasteiger charge is 2.26. The van der Waals surface area contributed by atoms with E-state index < -0.39 is 11.6 Å². The second kappa shape index (κ2) is 6.85. The number of carbonyl (C=O) groups excluding carboxylic acids is 2. The maximum Gasteiger partial charge on any atom is 0.410 e. The average molecular weight is 321 g/mol. The number of amides is 1. The van der Waals surface area contributed by atoms with Crippen LogP contribution in [0.4, 0.5) is 10.5 Å². The fraction of sp³-hybridized carbons (Fsp3) is 0.562. The van der Waals surface area contributed by atoms with Crippen molar-refractivity contribution < 1.29 is 19.1 Å². The van der Waals surface area contributed by atoms with Gasteiger partial charge in [-0.15, -0.1) is 0 Å². The Morgan fingerprint density at radius 3 is 2.26 bits per heavy atom. The zero-order chi connectivity index (χ0) is 17.0. The Balaban J connectivity index is 1.91. The minimum Gasteiger partial charge on any atom is -0.464 e. The molecule has 23 heavy (non-hydrogen) atoms. The molecular weight excluding hydrogens is 298 g/mol. The molecule has 0 aromatic carbocycles. The third-order valence-electron chi connectivity index (χ3n) is 3.44. The summed E-state index contributed by atoms with van der Waals surface area (Å²) < 4.78 is 10.0. The van der Waals surface area contributed by atoms with Crippen LogP contribution in [0.3, 0.4) is 0 Å². The summed E-state index contributed by atoms with van der Waals surface area (Å²) in [6.07, 6.45) is 1.37. The Morgan fingerprint density at radius 1 is 1.13 bits per heavy atom. The molecule has 7 heteroatoms. The maximum absolute atomic E-state index is 12.0. The average Bonchev–Trinajstić information content (AvgIpc) is 2.53. The standard InChI is InChI=1S/C16H23N3O4/c1-16(2,3)23-15(21)19-9-7-18(8-10-19)12-5-6-13(17-11-12)14(20)22-4/h5-6,11H,7-10H2,1-4H3. The van der Waals surface area contributed by atoms with Gasteiger partial charge in [0.15, 0.2) is 0 Å². The highest BCUT2D eigenvalue weighted by molar-refractivity contribution is 5.87. The number of nitrogens with zero attached hydrogens (tertiary/aromatic N) is 3. The zero-order valence-corrected chi connectivity index (χ0v) is 14.0. The molecule has 126 valence electrons. The Kier molecular flexibility index (Phi) is 5.08. The molecule has 0 bridgehead atoms. The van der Waals surface area contributed by atoms with Gasteiger partial charge >= 0.3 is 12.1 Å². The normalized spacial score (nSPS) is 15.3. The molecule has 7 nitrogen and oxygen atoms in total. The fourth-order valence-electron chi connectivity index (χ4n) is 2.27. The van der Waals surface area contributed by atoms with Crippen molar-refractivity contribution in [3.8, 4) is 0 Å². The highest BCUT2D eigenvalue weighted by atomic mass is 16.6. The van der Waals surface area contributed by atoms with Crippen molar-refractivity contribution in [2.24, 2.45) is 0 Å². The van der Waals surface area contributed by atoms with Crippen LogP contribution in [-0.2, 0) is 9.47 Å². The van der Waals surface area contributed by atoms with Gasteiger partial charge in [0, 0.05) is 26.2 Å². The van der Waals surface area contributed by atoms with Gasteiger partial charge in [0.25, 0.3) is 0 Å². The number of ether oxygens (including phenoxy) is 2. The number of rotatable bonds is 2. The first-order valence-electron chi connectivity index (χ1n) is 7.57. The predicted molar refractivity (Wildman–Crippen MR) is 85.6 cm³/mol. The SMILES string of the molecule is COC(=O)c1ccc(N2CCN(C(=O)OC(C)(C)C)CC2)cn1. The lowest BCUT2D eigenvalue weighted by molar-refractivity contribution is 0.0240. The Labute approximate surface area is 136 Å². The van der Waals surface area contributed by atoms with Crippen molar-refractivity contribution in [3.63, 3.8) is 0 Å². The second-order valence-electron chi connectivity index (χ2n) is 6.35. The van der Waals surface area contributed by atoms with E-state index >= 15 is 0 Å². The van der Waals surface area contributed by atoms with Crippen LogP contribution >= 0.6 is 0 Å². The topological polar surface area (TPSA) is 72.0 Å². The number of methoxy groups -OCH3 is 1. The van der Waals surface area contributed by atoms with Gasteiger partial charge in [-0.1, -0.05) is 0 Å². The van der Waals surface area contributed by atoms with Crippen LogP contribution in [0.15, 0.2) is 18.3 Å². The summed E-state index contributed by atoms with van der Waals surface area (Å²) in [6.45, 7) is 8.14. The molecule has 0 spiro atoms. The van der Waals surface area contributed by atoms with E-state index in [0.717, 1.165) is 5.69 Å². The molecule has 0 N–H and O–H groups in total. The van der Waals surface area contributed by atoms with E-state index in [4.69, 9.17) is 4.74 Å². The molecule has 0 radical (unpaired) electrons. The number of carbonyl (C=O) groups is 2. The molecule has 0 saturated carbocycles. The number of piperazine rings is 1. The number of hydrogen-bond donors (Lipinski definition) is 0. The third-order valence-corrected chi connectivity index (χ3v) is 3.44. The molecule has 1 saturated heterocycles. The predicted octanol–water partition coefficient (Wildman–Crippen LogP) is 1.93. The van der Waals surface area contributed by atoms with Gasteiger partial charge < -0.3 is 19.3 Å². The minimum atomic E-state index is -0.484. The van der Waals surface area contributed by atoms with Gasteiger partial charge in [0.2, 0.25) is 0 Å². The number of esters is 1. The van der Waals surface area contributed by atoms with Gasteiger partial charge in [-0.05, 0) is 32.9 Å². The van der Waals surface area contributed by atoms with E-state index in [-0.39, 0.29) is 11.8 Å². The monoisotopic (exact) mass is 321 g/mol. The lowest BCUT2D eigenvalue weighted by Gasteiger charge is -2.36. The number of aromatic nitrogens is 1. The van der Waals surface area contributed by atoms with E-state index in [1.807, 2.05) is 26.8 Å². The van der Waals surface area contributed by atoms with Crippen LogP contribution in [0, 0.1) is 0 Å². The molecule has 0 unspecified atom stereocenters. The molecule has 0 aliphatic carbocycles. The molecule has 1 aliphatic heterocycles. The first-order valence-corrected chi connectivity index (χ1v) is 7.57. The molecule has 1 fully saturated rings. The van der Waals surface area contributed by atoms with Crippen molar-refractivity contribution in [1.29, 1.82) is 0 Å².